The molecule has 1 aromatic rings. The second-order valence-corrected chi connectivity index (χ2v) is 6.20. The van der Waals surface area contributed by atoms with E-state index < -0.39 is 11.5 Å². The SMILES string of the molecule is Cc1ccncc1CN1CCN(C2(C(=O)O)CCOC2)CC1. The summed E-state index contributed by atoms with van der Waals surface area (Å²) in [6, 6.07) is 2.03. The van der Waals surface area contributed by atoms with Crippen LogP contribution in [0.5, 0.6) is 0 Å². The summed E-state index contributed by atoms with van der Waals surface area (Å²) >= 11 is 0. The molecule has 1 unspecified atom stereocenters. The molecule has 0 spiro atoms. The van der Waals surface area contributed by atoms with E-state index in [0.29, 0.717) is 19.6 Å². The lowest BCUT2D eigenvalue weighted by Gasteiger charge is -2.42. The van der Waals surface area contributed by atoms with Crippen molar-refractivity contribution < 1.29 is 14.6 Å². The fraction of sp³-hybridized carbons (Fsp3) is 0.625. The highest BCUT2D eigenvalue weighted by atomic mass is 16.5. The summed E-state index contributed by atoms with van der Waals surface area (Å²) in [5.74, 6) is -0.749. The predicted molar refractivity (Wildman–Crippen MR) is 81.6 cm³/mol. The maximum Gasteiger partial charge on any atom is 0.326 e. The number of piperazine rings is 1. The smallest absolute Gasteiger partial charge is 0.326 e. The van der Waals surface area contributed by atoms with Crippen LogP contribution in [0.3, 0.4) is 0 Å². The molecule has 3 heterocycles. The molecule has 0 saturated carbocycles. The summed E-state index contributed by atoms with van der Waals surface area (Å²) < 4.78 is 5.37. The van der Waals surface area contributed by atoms with E-state index in [-0.39, 0.29) is 0 Å². The van der Waals surface area contributed by atoms with Crippen LogP contribution in [0.1, 0.15) is 17.5 Å². The van der Waals surface area contributed by atoms with Crippen molar-refractivity contribution in [3.05, 3.63) is 29.6 Å². The zero-order valence-electron chi connectivity index (χ0n) is 13.0. The average molecular weight is 305 g/mol. The quantitative estimate of drug-likeness (QED) is 0.885. The van der Waals surface area contributed by atoms with Crippen LogP contribution < -0.4 is 0 Å². The summed E-state index contributed by atoms with van der Waals surface area (Å²) in [7, 11) is 0. The average Bonchev–Trinajstić information content (AvgIpc) is 3.01. The molecular weight excluding hydrogens is 282 g/mol. The van der Waals surface area contributed by atoms with Crippen molar-refractivity contribution in [3.63, 3.8) is 0 Å². The van der Waals surface area contributed by atoms with Crippen molar-refractivity contribution in [1.82, 2.24) is 14.8 Å². The van der Waals surface area contributed by atoms with Gasteiger partial charge in [-0.05, 0) is 24.1 Å². The minimum Gasteiger partial charge on any atom is -0.480 e. The highest BCUT2D eigenvalue weighted by molar-refractivity contribution is 5.79. The molecular formula is C16H23N3O3. The monoisotopic (exact) mass is 305 g/mol. The highest BCUT2D eigenvalue weighted by Crippen LogP contribution is 2.28. The van der Waals surface area contributed by atoms with Gasteiger partial charge in [0.15, 0.2) is 0 Å². The van der Waals surface area contributed by atoms with E-state index in [2.05, 4.69) is 21.7 Å². The van der Waals surface area contributed by atoms with Gasteiger partial charge in [0.2, 0.25) is 0 Å². The van der Waals surface area contributed by atoms with Crippen molar-refractivity contribution in [3.8, 4) is 0 Å². The van der Waals surface area contributed by atoms with Crippen LogP contribution in [0.4, 0.5) is 0 Å². The fourth-order valence-corrected chi connectivity index (χ4v) is 3.34. The molecule has 2 fully saturated rings. The van der Waals surface area contributed by atoms with Gasteiger partial charge in [-0.3, -0.25) is 19.6 Å². The lowest BCUT2D eigenvalue weighted by molar-refractivity contribution is -0.153. The van der Waals surface area contributed by atoms with Crippen LogP contribution in [0.2, 0.25) is 0 Å². The first-order valence-corrected chi connectivity index (χ1v) is 7.80. The molecule has 0 amide bonds. The number of ether oxygens (including phenoxy) is 1. The second-order valence-electron chi connectivity index (χ2n) is 6.20. The highest BCUT2D eigenvalue weighted by Gasteiger charge is 2.48. The molecule has 2 aliphatic rings. The second kappa shape index (κ2) is 6.32. The van der Waals surface area contributed by atoms with Gasteiger partial charge in [0.05, 0.1) is 6.61 Å². The van der Waals surface area contributed by atoms with E-state index in [0.717, 1.165) is 32.7 Å². The minimum atomic E-state index is -0.809. The van der Waals surface area contributed by atoms with Crippen molar-refractivity contribution >= 4 is 5.97 Å². The Morgan fingerprint density at radius 2 is 2.18 bits per heavy atom. The van der Waals surface area contributed by atoms with Gasteiger partial charge in [-0.15, -0.1) is 0 Å². The number of carbonyl (C=O) groups is 1. The third-order valence-corrected chi connectivity index (χ3v) is 4.92. The van der Waals surface area contributed by atoms with Crippen molar-refractivity contribution in [2.45, 2.75) is 25.4 Å². The number of aromatic nitrogens is 1. The van der Waals surface area contributed by atoms with Crippen LogP contribution in [-0.2, 0) is 16.1 Å². The molecule has 1 N–H and O–H groups in total. The van der Waals surface area contributed by atoms with E-state index in [4.69, 9.17) is 4.74 Å². The number of aliphatic carboxylic acids is 1. The number of carboxylic acid groups (broad SMARTS) is 1. The van der Waals surface area contributed by atoms with Gasteiger partial charge in [-0.2, -0.15) is 0 Å². The maximum absolute atomic E-state index is 11.7. The van der Waals surface area contributed by atoms with Crippen LogP contribution in [0.25, 0.3) is 0 Å². The van der Waals surface area contributed by atoms with Crippen molar-refractivity contribution in [2.24, 2.45) is 0 Å². The Kier molecular flexibility index (Phi) is 4.42. The third kappa shape index (κ3) is 2.86. The largest absolute Gasteiger partial charge is 0.480 e. The van der Waals surface area contributed by atoms with Gasteiger partial charge in [-0.25, -0.2) is 0 Å². The summed E-state index contributed by atoms with van der Waals surface area (Å²) in [6.45, 7) is 7.13. The maximum atomic E-state index is 11.7. The Hall–Kier alpha value is -1.50. The summed E-state index contributed by atoms with van der Waals surface area (Å²) in [6.07, 6.45) is 4.32. The summed E-state index contributed by atoms with van der Waals surface area (Å²) in [4.78, 5) is 20.3. The van der Waals surface area contributed by atoms with Crippen molar-refractivity contribution in [1.29, 1.82) is 0 Å². The number of rotatable bonds is 4. The van der Waals surface area contributed by atoms with E-state index >= 15 is 0 Å². The Balaban J connectivity index is 1.61. The number of carboxylic acids is 1. The molecule has 0 radical (unpaired) electrons. The van der Waals surface area contributed by atoms with E-state index in [9.17, 15) is 9.90 Å². The first-order chi connectivity index (χ1) is 10.6. The van der Waals surface area contributed by atoms with E-state index in [1.165, 1.54) is 11.1 Å². The molecule has 3 rings (SSSR count). The van der Waals surface area contributed by atoms with Gasteiger partial charge < -0.3 is 9.84 Å². The number of aryl methyl sites for hydroxylation is 1. The normalized spacial score (nSPS) is 27.1. The Labute approximate surface area is 130 Å². The number of hydrogen-bond acceptors (Lipinski definition) is 5. The van der Waals surface area contributed by atoms with Crippen LogP contribution in [0, 0.1) is 6.92 Å². The Bertz CT molecular complexity index is 535. The number of pyridine rings is 1. The lowest BCUT2D eigenvalue weighted by atomic mass is 9.95. The molecule has 1 atom stereocenters. The molecule has 0 aromatic carbocycles. The standard InChI is InChI=1S/C16H23N3O3/c1-13-2-4-17-10-14(13)11-18-5-7-19(8-6-18)16(15(20)21)3-9-22-12-16/h2,4,10H,3,5-9,11-12H2,1H3,(H,20,21). The lowest BCUT2D eigenvalue weighted by Crippen LogP contribution is -2.61. The minimum absolute atomic E-state index is 0.310. The molecule has 120 valence electrons. The molecule has 0 bridgehead atoms. The van der Waals surface area contributed by atoms with Gasteiger partial charge in [-0.1, -0.05) is 0 Å². The Morgan fingerprint density at radius 1 is 1.41 bits per heavy atom. The fourth-order valence-electron chi connectivity index (χ4n) is 3.34. The molecule has 6 nitrogen and oxygen atoms in total. The van der Waals surface area contributed by atoms with Gasteiger partial charge >= 0.3 is 5.97 Å². The molecule has 6 heteroatoms. The first-order valence-electron chi connectivity index (χ1n) is 7.80. The zero-order chi connectivity index (χ0) is 15.6. The van der Waals surface area contributed by atoms with Crippen LogP contribution in [-0.4, -0.2) is 70.8 Å². The first kappa shape index (κ1) is 15.4. The molecule has 0 aliphatic carbocycles. The summed E-state index contributed by atoms with van der Waals surface area (Å²) in [5.41, 5.74) is 1.69. The van der Waals surface area contributed by atoms with Crippen LogP contribution in [0.15, 0.2) is 18.5 Å². The van der Waals surface area contributed by atoms with Gasteiger partial charge in [0.1, 0.15) is 5.54 Å². The molecule has 1 aromatic heterocycles. The van der Waals surface area contributed by atoms with Gasteiger partial charge in [0.25, 0.3) is 0 Å². The number of nitrogens with zero attached hydrogens (tertiary/aromatic N) is 3. The van der Waals surface area contributed by atoms with Crippen LogP contribution >= 0.6 is 0 Å². The molecule has 2 aliphatic heterocycles. The predicted octanol–water partition coefficient (Wildman–Crippen LogP) is 0.751. The Morgan fingerprint density at radius 3 is 2.77 bits per heavy atom. The topological polar surface area (TPSA) is 65.9 Å². The van der Waals surface area contributed by atoms with Gasteiger partial charge in [0, 0.05) is 58.1 Å². The van der Waals surface area contributed by atoms with E-state index in [1.54, 1.807) is 0 Å². The molecule has 22 heavy (non-hydrogen) atoms. The zero-order valence-corrected chi connectivity index (χ0v) is 13.0. The van der Waals surface area contributed by atoms with Crippen molar-refractivity contribution in [2.75, 3.05) is 39.4 Å². The van der Waals surface area contributed by atoms with E-state index in [1.807, 2.05) is 18.5 Å². The molecule has 2 saturated heterocycles. The third-order valence-electron chi connectivity index (χ3n) is 4.92. The summed E-state index contributed by atoms with van der Waals surface area (Å²) in [5, 5.41) is 9.61. The number of hydrogen-bond donors (Lipinski definition) is 1.